The van der Waals surface area contributed by atoms with Gasteiger partial charge in [-0.05, 0) is 41.1 Å². The fraction of sp³-hybridized carbons (Fsp3) is 0.500. The summed E-state index contributed by atoms with van der Waals surface area (Å²) in [4.78, 5) is 28.0. The molecule has 0 saturated carbocycles. The Balaban J connectivity index is 1.41. The van der Waals surface area contributed by atoms with E-state index in [1.165, 1.54) is 5.56 Å². The first kappa shape index (κ1) is 19.7. The predicted molar refractivity (Wildman–Crippen MR) is 117 cm³/mol. The fourth-order valence-electron chi connectivity index (χ4n) is 4.64. The molecule has 4 heterocycles. The topological polar surface area (TPSA) is 91.5 Å². The molecule has 0 bridgehead atoms. The molecular weight excluding hydrogens is 394 g/mol. The summed E-state index contributed by atoms with van der Waals surface area (Å²) in [6.45, 7) is 4.17. The molecule has 0 aliphatic carbocycles. The number of piperidine rings is 1. The molecule has 0 radical (unpaired) electrons. The third-order valence-corrected chi connectivity index (χ3v) is 6.17. The zero-order chi connectivity index (χ0) is 21.2. The summed E-state index contributed by atoms with van der Waals surface area (Å²) in [5.41, 5.74) is 2.03. The van der Waals surface area contributed by atoms with Crippen molar-refractivity contribution in [1.29, 1.82) is 0 Å². The average Bonchev–Trinajstić information content (AvgIpc) is 3.42. The minimum atomic E-state index is 0.287. The number of aromatic nitrogens is 4. The number of anilines is 2. The number of amides is 1. The van der Waals surface area contributed by atoms with E-state index in [-0.39, 0.29) is 5.91 Å². The van der Waals surface area contributed by atoms with Gasteiger partial charge in [-0.1, -0.05) is 30.3 Å². The first-order chi connectivity index (χ1) is 15.2. The monoisotopic (exact) mass is 421 g/mol. The van der Waals surface area contributed by atoms with Crippen molar-refractivity contribution in [2.45, 2.75) is 32.2 Å². The highest BCUT2D eigenvalue weighted by Crippen LogP contribution is 2.31. The number of hydrogen-bond donors (Lipinski definition) is 0. The number of nitrogens with zero attached hydrogens (tertiary/aromatic N) is 7. The lowest BCUT2D eigenvalue weighted by molar-refractivity contribution is -0.128. The molecule has 9 heteroatoms. The van der Waals surface area contributed by atoms with Gasteiger partial charge in [-0.25, -0.2) is 14.6 Å². The van der Waals surface area contributed by atoms with Gasteiger partial charge in [0.1, 0.15) is 0 Å². The lowest BCUT2D eigenvalue weighted by atomic mass is 9.97. The van der Waals surface area contributed by atoms with E-state index >= 15 is 0 Å². The van der Waals surface area contributed by atoms with Crippen LogP contribution in [-0.2, 0) is 11.3 Å². The minimum Gasteiger partial charge on any atom is -0.353 e. The molecule has 2 saturated heterocycles. The van der Waals surface area contributed by atoms with Crippen LogP contribution in [0.4, 0.5) is 11.6 Å². The normalized spacial score (nSPS) is 19.4. The van der Waals surface area contributed by atoms with E-state index in [0.29, 0.717) is 30.2 Å². The van der Waals surface area contributed by atoms with Crippen molar-refractivity contribution in [2.24, 2.45) is 5.92 Å². The highest BCUT2D eigenvalue weighted by atomic mass is 16.6. The third-order valence-electron chi connectivity index (χ3n) is 6.17. The van der Waals surface area contributed by atoms with Crippen LogP contribution in [0.25, 0.3) is 11.3 Å². The second-order valence-electron chi connectivity index (χ2n) is 8.52. The minimum absolute atomic E-state index is 0.287. The fourth-order valence-corrected chi connectivity index (χ4v) is 4.64. The summed E-state index contributed by atoms with van der Waals surface area (Å²) in [7, 11) is 2.02. The first-order valence-electron chi connectivity index (χ1n) is 11.0. The van der Waals surface area contributed by atoms with E-state index in [1.54, 1.807) is 0 Å². The Morgan fingerprint density at radius 2 is 1.90 bits per heavy atom. The Hall–Kier alpha value is -3.23. The zero-order valence-corrected chi connectivity index (χ0v) is 17.8. The van der Waals surface area contributed by atoms with Crippen LogP contribution in [0.2, 0.25) is 0 Å². The Morgan fingerprint density at radius 3 is 2.68 bits per heavy atom. The van der Waals surface area contributed by atoms with Gasteiger partial charge in [0.25, 0.3) is 0 Å². The van der Waals surface area contributed by atoms with Crippen molar-refractivity contribution in [3.63, 3.8) is 0 Å². The van der Waals surface area contributed by atoms with Crippen LogP contribution >= 0.6 is 0 Å². The van der Waals surface area contributed by atoms with E-state index in [1.807, 2.05) is 30.1 Å². The highest BCUT2D eigenvalue weighted by molar-refractivity contribution is 5.78. The molecule has 162 valence electrons. The van der Waals surface area contributed by atoms with E-state index in [2.05, 4.69) is 32.2 Å². The smallest absolute Gasteiger partial charge is 0.245 e. The van der Waals surface area contributed by atoms with Crippen LogP contribution in [0.5, 0.6) is 0 Å². The standard InChI is InChI=1S/C22H27N7O2/c1-27(13-16-7-3-2-4-8-16)21-22(24-20-19(23-21)25-31-26-20)29-12-5-9-17(15-29)14-28-11-6-10-18(28)30/h2-4,7-8,17H,5-6,9-15H2,1H3/t17-/m1/s1. The van der Waals surface area contributed by atoms with E-state index in [4.69, 9.17) is 14.6 Å². The van der Waals surface area contributed by atoms with Gasteiger partial charge in [-0.2, -0.15) is 0 Å². The van der Waals surface area contributed by atoms with Gasteiger partial charge in [0.2, 0.25) is 17.2 Å². The maximum atomic E-state index is 12.1. The summed E-state index contributed by atoms with van der Waals surface area (Å²) < 4.78 is 4.88. The molecule has 2 aromatic heterocycles. The van der Waals surface area contributed by atoms with Crippen LogP contribution in [0.1, 0.15) is 31.2 Å². The Bertz CT molecular complexity index is 1050. The van der Waals surface area contributed by atoms with Gasteiger partial charge in [0.15, 0.2) is 11.6 Å². The predicted octanol–water partition coefficient (Wildman–Crippen LogP) is 2.49. The second-order valence-corrected chi connectivity index (χ2v) is 8.52. The van der Waals surface area contributed by atoms with Crippen molar-refractivity contribution >= 4 is 28.8 Å². The van der Waals surface area contributed by atoms with Gasteiger partial charge in [-0.3, -0.25) is 4.79 Å². The Labute approximate surface area is 181 Å². The number of benzene rings is 1. The molecule has 0 spiro atoms. The molecule has 5 rings (SSSR count). The summed E-state index contributed by atoms with van der Waals surface area (Å²) in [6, 6.07) is 10.3. The van der Waals surface area contributed by atoms with Gasteiger partial charge >= 0.3 is 0 Å². The van der Waals surface area contributed by atoms with Crippen LogP contribution in [-0.4, -0.2) is 64.3 Å². The Kier molecular flexibility index (Phi) is 5.40. The van der Waals surface area contributed by atoms with Crippen LogP contribution < -0.4 is 9.80 Å². The van der Waals surface area contributed by atoms with Gasteiger partial charge in [-0.15, -0.1) is 0 Å². The number of fused-ring (bicyclic) bond motifs is 1. The summed E-state index contributed by atoms with van der Waals surface area (Å²) in [5, 5.41) is 7.81. The highest BCUT2D eigenvalue weighted by Gasteiger charge is 2.29. The number of carbonyl (C=O) groups is 1. The molecule has 1 aromatic carbocycles. The lowest BCUT2D eigenvalue weighted by Crippen LogP contribution is -2.42. The maximum absolute atomic E-state index is 12.1. The number of rotatable bonds is 6. The molecule has 2 fully saturated rings. The van der Waals surface area contributed by atoms with E-state index in [9.17, 15) is 4.79 Å². The zero-order valence-electron chi connectivity index (χ0n) is 17.8. The molecule has 1 atom stereocenters. The van der Waals surface area contributed by atoms with E-state index < -0.39 is 0 Å². The summed E-state index contributed by atoms with van der Waals surface area (Å²) >= 11 is 0. The number of hydrogen-bond acceptors (Lipinski definition) is 8. The molecule has 2 aliphatic heterocycles. The largest absolute Gasteiger partial charge is 0.353 e. The number of likely N-dealkylation sites (tertiary alicyclic amines) is 1. The van der Waals surface area contributed by atoms with Crippen LogP contribution in [0.15, 0.2) is 35.0 Å². The lowest BCUT2D eigenvalue weighted by Gasteiger charge is -2.36. The SMILES string of the molecule is CN(Cc1ccccc1)c1nc2nonc2nc1N1CCC[C@H](CN2CCCC2=O)C1. The summed E-state index contributed by atoms with van der Waals surface area (Å²) in [6.07, 6.45) is 3.85. The summed E-state index contributed by atoms with van der Waals surface area (Å²) in [5.74, 6) is 2.29. The molecule has 3 aromatic rings. The van der Waals surface area contributed by atoms with Crippen molar-refractivity contribution in [1.82, 2.24) is 25.2 Å². The van der Waals surface area contributed by atoms with Crippen molar-refractivity contribution < 1.29 is 9.42 Å². The molecule has 9 nitrogen and oxygen atoms in total. The molecule has 1 amide bonds. The van der Waals surface area contributed by atoms with Gasteiger partial charge in [0, 0.05) is 46.2 Å². The van der Waals surface area contributed by atoms with Gasteiger partial charge < -0.3 is 14.7 Å². The van der Waals surface area contributed by atoms with Crippen molar-refractivity contribution in [3.05, 3.63) is 35.9 Å². The molecule has 31 heavy (non-hydrogen) atoms. The van der Waals surface area contributed by atoms with Crippen molar-refractivity contribution in [3.8, 4) is 0 Å². The quantitative estimate of drug-likeness (QED) is 0.600. The molecule has 0 N–H and O–H groups in total. The molecule has 0 unspecified atom stereocenters. The molecular formula is C22H27N7O2. The van der Waals surface area contributed by atoms with E-state index in [0.717, 1.165) is 57.1 Å². The van der Waals surface area contributed by atoms with Crippen LogP contribution in [0.3, 0.4) is 0 Å². The second kappa shape index (κ2) is 8.49. The number of carbonyl (C=O) groups excluding carboxylic acids is 1. The average molecular weight is 422 g/mol. The maximum Gasteiger partial charge on any atom is 0.245 e. The first-order valence-corrected chi connectivity index (χ1v) is 11.0. The Morgan fingerprint density at radius 1 is 1.10 bits per heavy atom. The van der Waals surface area contributed by atoms with Crippen molar-refractivity contribution in [2.75, 3.05) is 43.0 Å². The third kappa shape index (κ3) is 4.17. The van der Waals surface area contributed by atoms with Gasteiger partial charge in [0.05, 0.1) is 0 Å². The van der Waals surface area contributed by atoms with Crippen LogP contribution in [0, 0.1) is 5.92 Å². The molecule has 2 aliphatic rings.